The Balaban J connectivity index is 2.79. The van der Waals surface area contributed by atoms with Crippen molar-refractivity contribution in [3.05, 3.63) is 25.3 Å². The predicted molar refractivity (Wildman–Crippen MR) is 46.6 cm³/mol. The summed E-state index contributed by atoms with van der Waals surface area (Å²) in [4.78, 5) is 0. The molecular formula is C9H16O2. The van der Waals surface area contributed by atoms with E-state index < -0.39 is 0 Å². The van der Waals surface area contributed by atoms with Gasteiger partial charge in [-0.3, -0.25) is 0 Å². The predicted octanol–water partition coefficient (Wildman–Crippen LogP) is 1.78. The first-order valence-electron chi connectivity index (χ1n) is 3.79. The third kappa shape index (κ3) is 9.40. The molecule has 2 heteroatoms. The quantitative estimate of drug-likeness (QED) is 0.394. The Kier molecular flexibility index (Phi) is 8.89. The zero-order chi connectivity index (χ0) is 8.36. The smallest absolute Gasteiger partial charge is 0.0644 e. The minimum atomic E-state index is 0.626. The average molecular weight is 156 g/mol. The van der Waals surface area contributed by atoms with Crippen LogP contribution in [0.25, 0.3) is 0 Å². The zero-order valence-electron chi connectivity index (χ0n) is 6.92. The molecular weight excluding hydrogens is 140 g/mol. The molecule has 0 radical (unpaired) electrons. The summed E-state index contributed by atoms with van der Waals surface area (Å²) in [5.74, 6) is 0. The maximum Gasteiger partial charge on any atom is 0.0644 e. The van der Waals surface area contributed by atoms with E-state index in [2.05, 4.69) is 13.2 Å². The second-order valence-electron chi connectivity index (χ2n) is 2.08. The van der Waals surface area contributed by atoms with E-state index in [9.17, 15) is 0 Å². The van der Waals surface area contributed by atoms with Gasteiger partial charge in [-0.2, -0.15) is 0 Å². The number of ether oxygens (including phenoxy) is 2. The van der Waals surface area contributed by atoms with Crippen molar-refractivity contribution >= 4 is 0 Å². The lowest BCUT2D eigenvalue weighted by molar-refractivity contribution is 0.107. The van der Waals surface area contributed by atoms with Gasteiger partial charge in [0.05, 0.1) is 13.2 Å². The van der Waals surface area contributed by atoms with Crippen molar-refractivity contribution in [3.63, 3.8) is 0 Å². The first-order chi connectivity index (χ1) is 5.41. The van der Waals surface area contributed by atoms with Crippen LogP contribution in [0, 0.1) is 0 Å². The van der Waals surface area contributed by atoms with E-state index >= 15 is 0 Å². The fourth-order valence-electron chi connectivity index (χ4n) is 0.596. The van der Waals surface area contributed by atoms with Crippen molar-refractivity contribution < 1.29 is 9.47 Å². The summed E-state index contributed by atoms with van der Waals surface area (Å²) in [7, 11) is 0. The van der Waals surface area contributed by atoms with Gasteiger partial charge in [0.1, 0.15) is 0 Å². The van der Waals surface area contributed by atoms with Gasteiger partial charge >= 0.3 is 0 Å². The molecule has 0 saturated carbocycles. The Hall–Kier alpha value is -0.600. The molecule has 0 unspecified atom stereocenters. The van der Waals surface area contributed by atoms with Crippen LogP contribution in [0.2, 0.25) is 0 Å². The summed E-state index contributed by atoms with van der Waals surface area (Å²) in [6, 6.07) is 0. The molecule has 0 aromatic carbocycles. The number of hydrogen-bond donors (Lipinski definition) is 0. The van der Waals surface area contributed by atoms with E-state index in [0.29, 0.717) is 13.2 Å². The van der Waals surface area contributed by atoms with E-state index in [1.165, 1.54) is 0 Å². The minimum Gasteiger partial charge on any atom is -0.377 e. The molecule has 0 rings (SSSR count). The Morgan fingerprint density at radius 1 is 0.909 bits per heavy atom. The van der Waals surface area contributed by atoms with Crippen LogP contribution in [0.3, 0.4) is 0 Å². The van der Waals surface area contributed by atoms with E-state index in [-0.39, 0.29) is 0 Å². The van der Waals surface area contributed by atoms with Crippen molar-refractivity contribution in [2.75, 3.05) is 26.4 Å². The molecule has 0 aromatic heterocycles. The molecule has 0 spiro atoms. The Morgan fingerprint density at radius 2 is 1.36 bits per heavy atom. The van der Waals surface area contributed by atoms with Gasteiger partial charge in [-0.05, 0) is 6.42 Å². The summed E-state index contributed by atoms with van der Waals surface area (Å²) >= 11 is 0. The monoisotopic (exact) mass is 156 g/mol. The van der Waals surface area contributed by atoms with Gasteiger partial charge < -0.3 is 9.47 Å². The molecule has 0 amide bonds. The van der Waals surface area contributed by atoms with Gasteiger partial charge in [-0.1, -0.05) is 12.2 Å². The highest BCUT2D eigenvalue weighted by Crippen LogP contribution is 1.85. The third-order valence-corrected chi connectivity index (χ3v) is 1.05. The van der Waals surface area contributed by atoms with Crippen LogP contribution in [0.4, 0.5) is 0 Å². The van der Waals surface area contributed by atoms with E-state index in [0.717, 1.165) is 19.6 Å². The summed E-state index contributed by atoms with van der Waals surface area (Å²) in [6.45, 7) is 9.81. The normalized spacial score (nSPS) is 9.45. The zero-order valence-corrected chi connectivity index (χ0v) is 6.92. The average Bonchev–Trinajstić information content (AvgIpc) is 2.03. The lowest BCUT2D eigenvalue weighted by Gasteiger charge is -2.00. The first-order valence-corrected chi connectivity index (χ1v) is 3.79. The molecule has 0 aliphatic carbocycles. The summed E-state index contributed by atoms with van der Waals surface area (Å²) in [6.07, 6.45) is 4.41. The second kappa shape index (κ2) is 9.40. The SMILES string of the molecule is C=CCOCCCOCC=C. The minimum absolute atomic E-state index is 0.626. The van der Waals surface area contributed by atoms with Crippen LogP contribution in [-0.2, 0) is 9.47 Å². The van der Waals surface area contributed by atoms with Crippen molar-refractivity contribution in [1.29, 1.82) is 0 Å². The molecule has 0 fully saturated rings. The van der Waals surface area contributed by atoms with E-state index in [1.54, 1.807) is 12.2 Å². The van der Waals surface area contributed by atoms with Gasteiger partial charge in [0.25, 0.3) is 0 Å². The second-order valence-corrected chi connectivity index (χ2v) is 2.08. The lowest BCUT2D eigenvalue weighted by atomic mass is 10.5. The van der Waals surface area contributed by atoms with Crippen LogP contribution < -0.4 is 0 Å². The maximum absolute atomic E-state index is 5.14. The van der Waals surface area contributed by atoms with Crippen LogP contribution in [0.15, 0.2) is 25.3 Å². The van der Waals surface area contributed by atoms with Crippen LogP contribution in [-0.4, -0.2) is 26.4 Å². The molecule has 0 aliphatic rings. The lowest BCUT2D eigenvalue weighted by Crippen LogP contribution is -2.00. The van der Waals surface area contributed by atoms with Gasteiger partial charge in [0.2, 0.25) is 0 Å². The Labute approximate surface area is 68.5 Å². The maximum atomic E-state index is 5.14. The van der Waals surface area contributed by atoms with Gasteiger partial charge in [-0.15, -0.1) is 13.2 Å². The van der Waals surface area contributed by atoms with E-state index in [4.69, 9.17) is 9.47 Å². The van der Waals surface area contributed by atoms with Gasteiger partial charge in [0, 0.05) is 13.2 Å². The van der Waals surface area contributed by atoms with Crippen LogP contribution >= 0.6 is 0 Å². The molecule has 64 valence electrons. The molecule has 0 aromatic rings. The van der Waals surface area contributed by atoms with Gasteiger partial charge in [0.15, 0.2) is 0 Å². The molecule has 0 saturated heterocycles. The van der Waals surface area contributed by atoms with Crippen molar-refractivity contribution in [1.82, 2.24) is 0 Å². The van der Waals surface area contributed by atoms with Crippen molar-refractivity contribution in [2.45, 2.75) is 6.42 Å². The Bertz CT molecular complexity index is 87.7. The summed E-state index contributed by atoms with van der Waals surface area (Å²) in [5.41, 5.74) is 0. The molecule has 2 nitrogen and oxygen atoms in total. The molecule has 0 bridgehead atoms. The molecule has 0 atom stereocenters. The molecule has 0 aliphatic heterocycles. The van der Waals surface area contributed by atoms with Gasteiger partial charge in [-0.25, -0.2) is 0 Å². The fourth-order valence-corrected chi connectivity index (χ4v) is 0.596. The van der Waals surface area contributed by atoms with E-state index in [1.807, 2.05) is 0 Å². The number of hydrogen-bond acceptors (Lipinski definition) is 2. The highest BCUT2D eigenvalue weighted by Gasteiger charge is 1.86. The molecule has 0 N–H and O–H groups in total. The third-order valence-electron chi connectivity index (χ3n) is 1.05. The highest BCUT2D eigenvalue weighted by molar-refractivity contribution is 4.64. The summed E-state index contributed by atoms with van der Waals surface area (Å²) < 4.78 is 10.3. The van der Waals surface area contributed by atoms with Crippen molar-refractivity contribution in [2.24, 2.45) is 0 Å². The topological polar surface area (TPSA) is 18.5 Å². The van der Waals surface area contributed by atoms with Crippen molar-refractivity contribution in [3.8, 4) is 0 Å². The van der Waals surface area contributed by atoms with Crippen LogP contribution in [0.1, 0.15) is 6.42 Å². The molecule has 0 heterocycles. The summed E-state index contributed by atoms with van der Waals surface area (Å²) in [5, 5.41) is 0. The highest BCUT2D eigenvalue weighted by atomic mass is 16.5. The first kappa shape index (κ1) is 10.4. The fraction of sp³-hybridized carbons (Fsp3) is 0.556. The number of rotatable bonds is 8. The Morgan fingerprint density at radius 3 is 1.73 bits per heavy atom. The largest absolute Gasteiger partial charge is 0.377 e. The standard InChI is InChI=1S/C9H16O2/c1-3-6-10-8-5-9-11-7-4-2/h3-4H,1-2,5-9H2. The van der Waals surface area contributed by atoms with Crippen LogP contribution in [0.5, 0.6) is 0 Å². The molecule has 11 heavy (non-hydrogen) atoms.